The second-order valence-corrected chi connectivity index (χ2v) is 9.46. The maximum absolute atomic E-state index is 13.6. The number of hydrogen-bond acceptors (Lipinski definition) is 4. The third kappa shape index (κ3) is 2.72. The number of piperazine rings is 1. The highest BCUT2D eigenvalue weighted by molar-refractivity contribution is 9.10. The van der Waals surface area contributed by atoms with Crippen LogP contribution < -0.4 is 10.2 Å². The van der Waals surface area contributed by atoms with E-state index in [9.17, 15) is 10.1 Å². The summed E-state index contributed by atoms with van der Waals surface area (Å²) in [7, 11) is 0. The van der Waals surface area contributed by atoms with Crippen molar-refractivity contribution >= 4 is 33.5 Å². The Balaban J connectivity index is 1.66. The second kappa shape index (κ2) is 6.58. The average molecular weight is 451 g/mol. The highest BCUT2D eigenvalue weighted by Crippen LogP contribution is 2.46. The lowest BCUT2D eigenvalue weighted by Gasteiger charge is -2.36. The number of fused-ring (bicyclic) bond motifs is 4. The number of carbonyl (C=O) groups is 1. The fraction of sp³-hybridized carbons (Fsp3) is 0.391. The molecule has 1 aliphatic heterocycles. The van der Waals surface area contributed by atoms with Gasteiger partial charge in [0.05, 0.1) is 23.2 Å². The molecular formula is C23H23BrN4O. The third-order valence-electron chi connectivity index (χ3n) is 6.52. The van der Waals surface area contributed by atoms with Crippen LogP contribution in [-0.4, -0.2) is 36.9 Å². The van der Waals surface area contributed by atoms with Gasteiger partial charge in [-0.05, 0) is 33.6 Å². The van der Waals surface area contributed by atoms with Gasteiger partial charge in [-0.2, -0.15) is 5.26 Å². The summed E-state index contributed by atoms with van der Waals surface area (Å²) < 4.78 is 0.968. The van der Waals surface area contributed by atoms with E-state index >= 15 is 0 Å². The van der Waals surface area contributed by atoms with E-state index in [0.29, 0.717) is 6.42 Å². The van der Waals surface area contributed by atoms with Crippen LogP contribution >= 0.6 is 15.9 Å². The summed E-state index contributed by atoms with van der Waals surface area (Å²) in [5.41, 5.74) is 6.35. The Kier molecular flexibility index (Phi) is 4.23. The van der Waals surface area contributed by atoms with Gasteiger partial charge in [-0.3, -0.25) is 4.79 Å². The Morgan fingerprint density at radius 3 is 2.76 bits per heavy atom. The molecule has 0 spiro atoms. The zero-order valence-electron chi connectivity index (χ0n) is 16.6. The Labute approximate surface area is 178 Å². The smallest absolute Gasteiger partial charge is 0.195 e. The number of ketones is 1. The summed E-state index contributed by atoms with van der Waals surface area (Å²) in [5.74, 6) is -0.0731. The molecule has 2 aromatic rings. The lowest BCUT2D eigenvalue weighted by atomic mass is 9.70. The molecule has 2 N–H and O–H groups in total. The molecular weight excluding hydrogens is 428 g/mol. The zero-order chi connectivity index (χ0) is 20.3. The number of aromatic amines is 1. The minimum atomic E-state index is -0.324. The van der Waals surface area contributed by atoms with Crippen LogP contribution in [0.5, 0.6) is 0 Å². The molecule has 2 aliphatic carbocycles. The molecule has 2 heterocycles. The number of carbonyl (C=O) groups excluding carboxylic acids is 1. The first-order valence-electron chi connectivity index (χ1n) is 10.1. The van der Waals surface area contributed by atoms with Crippen molar-refractivity contribution < 1.29 is 4.79 Å². The molecule has 0 saturated carbocycles. The predicted octanol–water partition coefficient (Wildman–Crippen LogP) is 3.77. The fourth-order valence-electron chi connectivity index (χ4n) is 4.89. The van der Waals surface area contributed by atoms with Gasteiger partial charge in [0.2, 0.25) is 0 Å². The number of H-pyrrole nitrogens is 1. The van der Waals surface area contributed by atoms with Gasteiger partial charge in [-0.25, -0.2) is 0 Å². The van der Waals surface area contributed by atoms with Crippen LogP contribution in [0.4, 0.5) is 5.69 Å². The van der Waals surface area contributed by atoms with E-state index < -0.39 is 0 Å². The molecule has 5 nitrogen and oxygen atoms in total. The molecule has 1 aromatic carbocycles. The van der Waals surface area contributed by atoms with Gasteiger partial charge < -0.3 is 15.2 Å². The Bertz CT molecular complexity index is 1100. The van der Waals surface area contributed by atoms with Gasteiger partial charge in [-0.1, -0.05) is 26.0 Å². The monoisotopic (exact) mass is 450 g/mol. The number of halogens is 1. The summed E-state index contributed by atoms with van der Waals surface area (Å²) in [6.45, 7) is 8.19. The van der Waals surface area contributed by atoms with E-state index in [0.717, 1.165) is 70.0 Å². The van der Waals surface area contributed by atoms with Gasteiger partial charge in [0, 0.05) is 65.0 Å². The van der Waals surface area contributed by atoms with Gasteiger partial charge in [-0.15, -0.1) is 0 Å². The molecule has 1 atom stereocenters. The number of aromatic nitrogens is 1. The topological polar surface area (TPSA) is 71.9 Å². The highest BCUT2D eigenvalue weighted by atomic mass is 79.9. The van der Waals surface area contributed by atoms with E-state index in [4.69, 9.17) is 0 Å². The largest absolute Gasteiger partial charge is 0.368 e. The first-order valence-corrected chi connectivity index (χ1v) is 10.9. The Morgan fingerprint density at radius 1 is 1.28 bits per heavy atom. The first-order chi connectivity index (χ1) is 13.9. The number of rotatable bonds is 1. The number of allylic oxidation sites excluding steroid dienone is 1. The van der Waals surface area contributed by atoms with Crippen LogP contribution in [0.1, 0.15) is 52.3 Å². The molecule has 3 aliphatic rings. The summed E-state index contributed by atoms with van der Waals surface area (Å²) in [4.78, 5) is 19.5. The summed E-state index contributed by atoms with van der Waals surface area (Å²) in [5, 5.41) is 12.7. The summed E-state index contributed by atoms with van der Waals surface area (Å²) >= 11 is 3.73. The van der Waals surface area contributed by atoms with Crippen LogP contribution in [-0.2, 0) is 11.8 Å². The van der Waals surface area contributed by atoms with Crippen LogP contribution in [0, 0.1) is 17.2 Å². The maximum atomic E-state index is 13.6. The van der Waals surface area contributed by atoms with Crippen molar-refractivity contribution in [1.82, 2.24) is 10.3 Å². The van der Waals surface area contributed by atoms with Crippen molar-refractivity contribution in [2.45, 2.75) is 25.7 Å². The van der Waals surface area contributed by atoms with Crippen molar-refractivity contribution in [3.63, 3.8) is 0 Å². The number of benzene rings is 1. The van der Waals surface area contributed by atoms with Crippen LogP contribution in [0.15, 0.2) is 22.7 Å². The lowest BCUT2D eigenvalue weighted by Crippen LogP contribution is -2.44. The summed E-state index contributed by atoms with van der Waals surface area (Å²) in [6.07, 6.45) is 4.49. The molecule has 1 fully saturated rings. The molecule has 0 bridgehead atoms. The van der Waals surface area contributed by atoms with Gasteiger partial charge in [0.1, 0.15) is 0 Å². The molecule has 5 rings (SSSR count). The number of nitrogens with zero attached hydrogens (tertiary/aromatic N) is 2. The molecule has 1 unspecified atom stereocenters. The number of nitriles is 1. The van der Waals surface area contributed by atoms with Crippen LogP contribution in [0.25, 0.3) is 6.08 Å². The Hall–Kier alpha value is -2.36. The molecule has 6 heteroatoms. The van der Waals surface area contributed by atoms with E-state index in [2.05, 4.69) is 57.1 Å². The van der Waals surface area contributed by atoms with E-state index in [1.54, 1.807) is 0 Å². The van der Waals surface area contributed by atoms with Crippen LogP contribution in [0.2, 0.25) is 0 Å². The normalized spacial score (nSPS) is 21.9. The standard InChI is InChI=1S/C23H23BrN4O/c1-23(2)16-11-19(28-7-5-26-6-8-28)17(24)10-15(16)21(29)20-14-4-3-13(12-25)9-18(14)27-22(20)23/h3-4,10-11,13,26-27H,5-9H2,1-2H3. The minimum absolute atomic E-state index is 0.0689. The van der Waals surface area contributed by atoms with Crippen molar-refractivity contribution in [2.24, 2.45) is 5.92 Å². The van der Waals surface area contributed by atoms with E-state index in [-0.39, 0.29) is 17.1 Å². The highest BCUT2D eigenvalue weighted by Gasteiger charge is 2.42. The van der Waals surface area contributed by atoms with Gasteiger partial charge >= 0.3 is 0 Å². The number of nitrogens with one attached hydrogen (secondary N) is 2. The zero-order valence-corrected chi connectivity index (χ0v) is 18.2. The van der Waals surface area contributed by atoms with Crippen molar-refractivity contribution in [3.05, 3.63) is 56.3 Å². The third-order valence-corrected chi connectivity index (χ3v) is 7.16. The number of anilines is 1. The molecule has 29 heavy (non-hydrogen) atoms. The number of hydrogen-bond donors (Lipinski definition) is 2. The SMILES string of the molecule is CC1(C)c2cc(N3CCNCC3)c(Br)cc2C(=O)c2c1[nH]c1c2C=CC(C#N)C1. The molecule has 1 saturated heterocycles. The molecule has 0 radical (unpaired) electrons. The van der Waals surface area contributed by atoms with E-state index in [1.807, 2.05) is 18.2 Å². The minimum Gasteiger partial charge on any atom is -0.368 e. The van der Waals surface area contributed by atoms with Crippen molar-refractivity contribution in [3.8, 4) is 6.07 Å². The van der Waals surface area contributed by atoms with Crippen molar-refractivity contribution in [1.29, 1.82) is 5.26 Å². The fourth-order valence-corrected chi connectivity index (χ4v) is 5.48. The Morgan fingerprint density at radius 2 is 2.03 bits per heavy atom. The summed E-state index contributed by atoms with van der Waals surface area (Å²) in [6, 6.07) is 6.51. The molecule has 148 valence electrons. The maximum Gasteiger partial charge on any atom is 0.195 e. The lowest BCUT2D eigenvalue weighted by molar-refractivity contribution is 0.103. The first kappa shape index (κ1) is 18.7. The van der Waals surface area contributed by atoms with E-state index in [1.165, 1.54) is 0 Å². The quantitative estimate of drug-likeness (QED) is 0.693. The second-order valence-electron chi connectivity index (χ2n) is 8.61. The van der Waals surface area contributed by atoms with Gasteiger partial charge in [0.25, 0.3) is 0 Å². The molecule has 0 amide bonds. The molecule has 1 aromatic heterocycles. The van der Waals surface area contributed by atoms with Crippen molar-refractivity contribution in [2.75, 3.05) is 31.1 Å². The average Bonchev–Trinajstić information content (AvgIpc) is 3.12. The van der Waals surface area contributed by atoms with Gasteiger partial charge in [0.15, 0.2) is 5.78 Å². The predicted molar refractivity (Wildman–Crippen MR) is 117 cm³/mol. The van der Waals surface area contributed by atoms with Crippen LogP contribution in [0.3, 0.4) is 0 Å².